The first-order valence-corrected chi connectivity index (χ1v) is 6.40. The van der Waals surface area contributed by atoms with Gasteiger partial charge in [-0.2, -0.15) is 5.10 Å². The van der Waals surface area contributed by atoms with Crippen LogP contribution in [0.25, 0.3) is 0 Å². The highest BCUT2D eigenvalue weighted by Gasteiger charge is 2.18. The number of fused-ring (bicyclic) bond motifs is 1. The zero-order valence-electron chi connectivity index (χ0n) is 9.43. The first kappa shape index (κ1) is 10.5. The topological polar surface area (TPSA) is 59.8 Å². The molecule has 1 amide bonds. The van der Waals surface area contributed by atoms with Crippen LogP contribution in [0.4, 0.5) is 5.00 Å². The number of aromatic nitrogens is 3. The summed E-state index contributed by atoms with van der Waals surface area (Å²) in [6.07, 6.45) is 2.14. The number of carbonyl (C=O) groups excluding carboxylic acids is 1. The number of aryl methyl sites for hydroxylation is 3. The van der Waals surface area contributed by atoms with Crippen LogP contribution in [-0.4, -0.2) is 20.7 Å². The molecular formula is C11H12N4OS. The van der Waals surface area contributed by atoms with Crippen molar-refractivity contribution in [3.63, 3.8) is 0 Å². The Morgan fingerprint density at radius 1 is 1.59 bits per heavy atom. The van der Waals surface area contributed by atoms with Crippen LogP contribution in [0.2, 0.25) is 0 Å². The lowest BCUT2D eigenvalue weighted by Gasteiger charge is -2.00. The van der Waals surface area contributed by atoms with Gasteiger partial charge >= 0.3 is 0 Å². The molecule has 0 aliphatic carbocycles. The Balaban J connectivity index is 1.80. The number of anilines is 1. The number of thiazole rings is 1. The molecule has 0 unspecified atom stereocenters. The Morgan fingerprint density at radius 3 is 3.18 bits per heavy atom. The minimum atomic E-state index is -0.153. The molecule has 17 heavy (non-hydrogen) atoms. The summed E-state index contributed by atoms with van der Waals surface area (Å²) in [6, 6.07) is 1.87. The van der Waals surface area contributed by atoms with Crippen molar-refractivity contribution < 1.29 is 4.79 Å². The molecule has 1 N–H and O–H groups in total. The second-order valence-electron chi connectivity index (χ2n) is 4.07. The smallest absolute Gasteiger partial charge is 0.276 e. The van der Waals surface area contributed by atoms with E-state index < -0.39 is 0 Å². The number of amides is 1. The Kier molecular flexibility index (Phi) is 2.44. The van der Waals surface area contributed by atoms with E-state index in [0.29, 0.717) is 5.69 Å². The van der Waals surface area contributed by atoms with Crippen molar-refractivity contribution >= 4 is 22.2 Å². The predicted octanol–water partition coefficient (Wildman–Crippen LogP) is 1.85. The van der Waals surface area contributed by atoms with Crippen molar-refractivity contribution in [1.82, 2.24) is 14.8 Å². The van der Waals surface area contributed by atoms with Crippen LogP contribution >= 0.6 is 11.3 Å². The van der Waals surface area contributed by atoms with Crippen LogP contribution in [0, 0.1) is 6.92 Å². The molecule has 2 aromatic rings. The lowest BCUT2D eigenvalue weighted by molar-refractivity contribution is 0.102. The molecule has 1 aliphatic rings. The van der Waals surface area contributed by atoms with E-state index in [4.69, 9.17) is 0 Å². The second-order valence-corrected chi connectivity index (χ2v) is 4.92. The molecule has 0 saturated heterocycles. The lowest BCUT2D eigenvalue weighted by Crippen LogP contribution is -2.13. The summed E-state index contributed by atoms with van der Waals surface area (Å²) in [7, 11) is 0. The van der Waals surface area contributed by atoms with Gasteiger partial charge in [-0.3, -0.25) is 9.48 Å². The molecule has 1 aliphatic heterocycles. The van der Waals surface area contributed by atoms with Crippen LogP contribution < -0.4 is 5.32 Å². The summed E-state index contributed by atoms with van der Waals surface area (Å²) in [5.74, 6) is -0.153. The highest BCUT2D eigenvalue weighted by molar-refractivity contribution is 7.14. The normalized spacial score (nSPS) is 13.7. The van der Waals surface area contributed by atoms with Crippen molar-refractivity contribution in [2.75, 3.05) is 5.32 Å². The fourth-order valence-corrected chi connectivity index (χ4v) is 2.65. The molecule has 0 aromatic carbocycles. The van der Waals surface area contributed by atoms with Crippen LogP contribution in [0.3, 0.4) is 0 Å². The third-order valence-electron chi connectivity index (χ3n) is 2.87. The minimum Gasteiger partial charge on any atom is -0.311 e. The first-order valence-electron chi connectivity index (χ1n) is 5.52. The van der Waals surface area contributed by atoms with Gasteiger partial charge in [0.25, 0.3) is 5.91 Å². The molecule has 0 fully saturated rings. The van der Waals surface area contributed by atoms with E-state index in [0.717, 1.165) is 35.8 Å². The van der Waals surface area contributed by atoms with Crippen molar-refractivity contribution in [3.8, 4) is 0 Å². The summed E-state index contributed by atoms with van der Waals surface area (Å²) in [5.41, 5.74) is 4.21. The van der Waals surface area contributed by atoms with Gasteiger partial charge in [0.05, 0.1) is 11.2 Å². The number of rotatable bonds is 2. The monoisotopic (exact) mass is 248 g/mol. The molecule has 6 heteroatoms. The third kappa shape index (κ3) is 1.84. The highest BCUT2D eigenvalue weighted by atomic mass is 32.1. The van der Waals surface area contributed by atoms with Gasteiger partial charge in [-0.25, -0.2) is 4.98 Å². The Bertz CT molecular complexity index is 550. The SMILES string of the molecule is Cc1ncsc1NC(=O)c1cc2n(n1)CCC2. The van der Waals surface area contributed by atoms with Gasteiger partial charge in [-0.05, 0) is 25.8 Å². The molecule has 3 heterocycles. The maximum absolute atomic E-state index is 12.0. The first-order chi connectivity index (χ1) is 8.24. The number of nitrogens with zero attached hydrogens (tertiary/aromatic N) is 3. The van der Waals surface area contributed by atoms with Gasteiger partial charge in [0.15, 0.2) is 5.69 Å². The Hall–Kier alpha value is -1.69. The molecule has 3 rings (SSSR count). The standard InChI is InChI=1S/C11H12N4OS/c1-7-11(17-6-12-7)13-10(16)9-5-8-3-2-4-15(8)14-9/h5-6H,2-4H2,1H3,(H,13,16). The maximum atomic E-state index is 12.0. The summed E-state index contributed by atoms with van der Waals surface area (Å²) in [5, 5.41) is 7.92. The van der Waals surface area contributed by atoms with Gasteiger partial charge in [0.2, 0.25) is 0 Å². The van der Waals surface area contributed by atoms with Crippen LogP contribution in [0.1, 0.15) is 28.3 Å². The van der Waals surface area contributed by atoms with Gasteiger partial charge < -0.3 is 5.32 Å². The lowest BCUT2D eigenvalue weighted by atomic mass is 10.2. The number of hydrogen-bond acceptors (Lipinski definition) is 4. The number of carbonyl (C=O) groups is 1. The van der Waals surface area contributed by atoms with Crippen LogP contribution in [-0.2, 0) is 13.0 Å². The van der Waals surface area contributed by atoms with Crippen LogP contribution in [0.15, 0.2) is 11.6 Å². The van der Waals surface area contributed by atoms with E-state index in [9.17, 15) is 4.79 Å². The van der Waals surface area contributed by atoms with Gasteiger partial charge in [-0.15, -0.1) is 11.3 Å². The number of hydrogen-bond donors (Lipinski definition) is 1. The average molecular weight is 248 g/mol. The molecule has 0 spiro atoms. The van der Waals surface area contributed by atoms with Gasteiger partial charge in [0, 0.05) is 12.2 Å². The second kappa shape index (κ2) is 3.96. The number of nitrogens with one attached hydrogen (secondary N) is 1. The molecule has 0 radical (unpaired) electrons. The predicted molar refractivity (Wildman–Crippen MR) is 65.4 cm³/mol. The maximum Gasteiger partial charge on any atom is 0.276 e. The highest BCUT2D eigenvalue weighted by Crippen LogP contribution is 2.20. The summed E-state index contributed by atoms with van der Waals surface area (Å²) in [6.45, 7) is 2.79. The fourth-order valence-electron chi connectivity index (χ4n) is 1.96. The minimum absolute atomic E-state index is 0.153. The van der Waals surface area contributed by atoms with Crippen molar-refractivity contribution in [2.45, 2.75) is 26.3 Å². The van der Waals surface area contributed by atoms with E-state index in [-0.39, 0.29) is 5.91 Å². The zero-order chi connectivity index (χ0) is 11.8. The van der Waals surface area contributed by atoms with E-state index >= 15 is 0 Å². The summed E-state index contributed by atoms with van der Waals surface area (Å²) >= 11 is 1.43. The summed E-state index contributed by atoms with van der Waals surface area (Å²) < 4.78 is 1.91. The molecule has 0 bridgehead atoms. The van der Waals surface area contributed by atoms with Crippen molar-refractivity contribution in [1.29, 1.82) is 0 Å². The molecule has 5 nitrogen and oxygen atoms in total. The summed E-state index contributed by atoms with van der Waals surface area (Å²) in [4.78, 5) is 16.1. The van der Waals surface area contributed by atoms with Crippen LogP contribution in [0.5, 0.6) is 0 Å². The van der Waals surface area contributed by atoms with E-state index in [2.05, 4.69) is 15.4 Å². The van der Waals surface area contributed by atoms with Gasteiger partial charge in [0.1, 0.15) is 5.00 Å². The quantitative estimate of drug-likeness (QED) is 0.882. The van der Waals surface area contributed by atoms with E-state index in [1.54, 1.807) is 5.51 Å². The van der Waals surface area contributed by atoms with Gasteiger partial charge in [-0.1, -0.05) is 0 Å². The molecule has 0 saturated carbocycles. The van der Waals surface area contributed by atoms with E-state index in [1.807, 2.05) is 17.7 Å². The van der Waals surface area contributed by atoms with Crippen molar-refractivity contribution in [3.05, 3.63) is 28.7 Å². The fraction of sp³-hybridized carbons (Fsp3) is 0.364. The Labute approximate surface area is 102 Å². The third-order valence-corrected chi connectivity index (χ3v) is 3.72. The molecule has 88 valence electrons. The Morgan fingerprint density at radius 2 is 2.47 bits per heavy atom. The molecular weight excluding hydrogens is 236 g/mol. The average Bonchev–Trinajstić information content (AvgIpc) is 2.93. The molecule has 2 aromatic heterocycles. The molecule has 0 atom stereocenters. The zero-order valence-corrected chi connectivity index (χ0v) is 10.3. The van der Waals surface area contributed by atoms with E-state index in [1.165, 1.54) is 11.3 Å². The largest absolute Gasteiger partial charge is 0.311 e. The van der Waals surface area contributed by atoms with Crippen molar-refractivity contribution in [2.24, 2.45) is 0 Å².